The van der Waals surface area contributed by atoms with Crippen LogP contribution >= 0.6 is 0 Å². The Kier molecular flexibility index (Phi) is 4.06. The summed E-state index contributed by atoms with van der Waals surface area (Å²) in [7, 11) is 0. The number of carbonyl (C=O) groups is 1. The Morgan fingerprint density at radius 3 is 2.80 bits per heavy atom. The highest BCUT2D eigenvalue weighted by molar-refractivity contribution is 6.02. The van der Waals surface area contributed by atoms with Crippen LogP contribution in [0.5, 0.6) is 5.75 Å². The van der Waals surface area contributed by atoms with Gasteiger partial charge in [-0.3, -0.25) is 4.79 Å². The number of para-hydroxylation sites is 1. The molecule has 1 saturated carbocycles. The molecular formula is C17H22O3. The van der Waals surface area contributed by atoms with Crippen molar-refractivity contribution in [2.45, 2.75) is 51.0 Å². The molecule has 1 aliphatic heterocycles. The molecule has 1 N–H and O–H groups in total. The lowest BCUT2D eigenvalue weighted by Crippen LogP contribution is -2.31. The van der Waals surface area contributed by atoms with Gasteiger partial charge in [-0.25, -0.2) is 0 Å². The first-order chi connectivity index (χ1) is 9.77. The Morgan fingerprint density at radius 1 is 1.20 bits per heavy atom. The molecule has 1 atom stereocenters. The molecule has 0 spiro atoms. The molecule has 0 bridgehead atoms. The number of aliphatic hydroxyl groups is 1. The van der Waals surface area contributed by atoms with Crippen molar-refractivity contribution in [2.75, 3.05) is 6.61 Å². The molecule has 1 fully saturated rings. The number of carbonyl (C=O) groups excluding carboxylic acids is 1. The fourth-order valence-electron chi connectivity index (χ4n) is 3.41. The van der Waals surface area contributed by atoms with E-state index < -0.39 is 6.10 Å². The second kappa shape index (κ2) is 5.96. The molecule has 0 amide bonds. The van der Waals surface area contributed by atoms with Gasteiger partial charge in [0.15, 0.2) is 5.78 Å². The van der Waals surface area contributed by atoms with Crippen molar-refractivity contribution in [1.29, 1.82) is 0 Å². The smallest absolute Gasteiger partial charge is 0.195 e. The fraction of sp³-hybridized carbons (Fsp3) is 0.588. The molecule has 1 aliphatic carbocycles. The first-order valence-electron chi connectivity index (χ1n) is 7.74. The summed E-state index contributed by atoms with van der Waals surface area (Å²) in [5.41, 5.74) is 1.67. The molecule has 0 aromatic heterocycles. The number of ketones is 1. The Bertz CT molecular complexity index is 489. The van der Waals surface area contributed by atoms with E-state index in [2.05, 4.69) is 0 Å². The zero-order valence-electron chi connectivity index (χ0n) is 11.8. The van der Waals surface area contributed by atoms with Gasteiger partial charge in [-0.2, -0.15) is 0 Å². The summed E-state index contributed by atoms with van der Waals surface area (Å²) < 4.78 is 5.68. The normalized spacial score (nSPS) is 20.9. The van der Waals surface area contributed by atoms with Crippen LogP contribution in [0.4, 0.5) is 0 Å². The van der Waals surface area contributed by atoms with Crippen LogP contribution in [0, 0.1) is 5.92 Å². The van der Waals surface area contributed by atoms with Crippen LogP contribution in [0.25, 0.3) is 0 Å². The molecule has 0 saturated heterocycles. The van der Waals surface area contributed by atoms with Crippen molar-refractivity contribution in [3.8, 4) is 5.75 Å². The van der Waals surface area contributed by atoms with Crippen LogP contribution in [0.2, 0.25) is 0 Å². The third-order valence-electron chi connectivity index (χ3n) is 4.56. The first kappa shape index (κ1) is 13.6. The molecule has 1 unspecified atom stereocenters. The van der Waals surface area contributed by atoms with E-state index in [4.69, 9.17) is 4.74 Å². The minimum absolute atomic E-state index is 0.121. The summed E-state index contributed by atoms with van der Waals surface area (Å²) in [5.74, 6) is 0.671. The summed E-state index contributed by atoms with van der Waals surface area (Å²) in [6.07, 6.45) is 6.47. The van der Waals surface area contributed by atoms with Crippen molar-refractivity contribution in [3.63, 3.8) is 0 Å². The SMILES string of the molecule is O=C(c1cccc2c1OCCC2)C(O)C1CCCCC1. The molecule has 20 heavy (non-hydrogen) atoms. The van der Waals surface area contributed by atoms with Gasteiger partial charge in [-0.1, -0.05) is 31.4 Å². The van der Waals surface area contributed by atoms with Gasteiger partial charge in [0.05, 0.1) is 12.2 Å². The summed E-state index contributed by atoms with van der Waals surface area (Å²) in [6.45, 7) is 0.664. The lowest BCUT2D eigenvalue weighted by molar-refractivity contribution is 0.0530. The van der Waals surface area contributed by atoms with Crippen LogP contribution in [-0.2, 0) is 6.42 Å². The number of rotatable bonds is 3. The van der Waals surface area contributed by atoms with Crippen LogP contribution in [0.1, 0.15) is 54.4 Å². The molecule has 0 radical (unpaired) electrons. The largest absolute Gasteiger partial charge is 0.493 e. The Labute approximate surface area is 120 Å². The van der Waals surface area contributed by atoms with Crippen molar-refractivity contribution in [3.05, 3.63) is 29.3 Å². The van der Waals surface area contributed by atoms with Gasteiger partial charge in [0, 0.05) is 0 Å². The van der Waals surface area contributed by atoms with Crippen LogP contribution < -0.4 is 4.74 Å². The van der Waals surface area contributed by atoms with Gasteiger partial charge < -0.3 is 9.84 Å². The van der Waals surface area contributed by atoms with Crippen LogP contribution in [-0.4, -0.2) is 23.6 Å². The Morgan fingerprint density at radius 2 is 2.00 bits per heavy atom. The highest BCUT2D eigenvalue weighted by atomic mass is 16.5. The first-order valence-corrected chi connectivity index (χ1v) is 7.74. The van der Waals surface area contributed by atoms with Crippen molar-refractivity contribution in [1.82, 2.24) is 0 Å². The highest BCUT2D eigenvalue weighted by Crippen LogP contribution is 2.33. The number of benzene rings is 1. The Hall–Kier alpha value is -1.35. The van der Waals surface area contributed by atoms with Crippen molar-refractivity contribution < 1.29 is 14.6 Å². The summed E-state index contributed by atoms with van der Waals surface area (Å²) >= 11 is 0. The molecular weight excluding hydrogens is 252 g/mol. The van der Waals surface area contributed by atoms with E-state index in [9.17, 15) is 9.90 Å². The van der Waals surface area contributed by atoms with Gasteiger partial charge in [0.2, 0.25) is 0 Å². The van der Waals surface area contributed by atoms with E-state index >= 15 is 0 Å². The maximum atomic E-state index is 12.6. The van der Waals surface area contributed by atoms with Gasteiger partial charge in [0.25, 0.3) is 0 Å². The molecule has 108 valence electrons. The maximum absolute atomic E-state index is 12.6. The van der Waals surface area contributed by atoms with E-state index in [1.807, 2.05) is 12.1 Å². The number of aliphatic hydroxyl groups excluding tert-OH is 1. The molecule has 3 rings (SSSR count). The van der Waals surface area contributed by atoms with Gasteiger partial charge in [-0.15, -0.1) is 0 Å². The average Bonchev–Trinajstić information content (AvgIpc) is 2.54. The van der Waals surface area contributed by atoms with Crippen LogP contribution in [0.15, 0.2) is 18.2 Å². The van der Waals surface area contributed by atoms with Crippen molar-refractivity contribution >= 4 is 5.78 Å². The lowest BCUT2D eigenvalue weighted by atomic mass is 9.82. The second-order valence-electron chi connectivity index (χ2n) is 5.95. The average molecular weight is 274 g/mol. The maximum Gasteiger partial charge on any atom is 0.195 e. The molecule has 3 heteroatoms. The minimum atomic E-state index is -0.868. The third-order valence-corrected chi connectivity index (χ3v) is 4.56. The minimum Gasteiger partial charge on any atom is -0.493 e. The Balaban J connectivity index is 1.83. The van der Waals surface area contributed by atoms with E-state index in [0.717, 1.165) is 44.1 Å². The second-order valence-corrected chi connectivity index (χ2v) is 5.95. The number of aryl methyl sites for hydroxylation is 1. The zero-order valence-corrected chi connectivity index (χ0v) is 11.8. The number of ether oxygens (including phenoxy) is 1. The number of hydrogen-bond donors (Lipinski definition) is 1. The summed E-state index contributed by atoms with van der Waals surface area (Å²) in [5, 5.41) is 10.4. The molecule has 2 aliphatic rings. The monoisotopic (exact) mass is 274 g/mol. The predicted molar refractivity (Wildman–Crippen MR) is 77.2 cm³/mol. The lowest BCUT2D eigenvalue weighted by Gasteiger charge is -2.27. The molecule has 3 nitrogen and oxygen atoms in total. The predicted octanol–water partition coefficient (Wildman–Crippen LogP) is 3.14. The molecule has 1 aromatic rings. The quantitative estimate of drug-likeness (QED) is 0.861. The van der Waals surface area contributed by atoms with E-state index in [-0.39, 0.29) is 11.7 Å². The zero-order chi connectivity index (χ0) is 13.9. The molecule has 1 aromatic carbocycles. The van der Waals surface area contributed by atoms with Gasteiger partial charge >= 0.3 is 0 Å². The number of Topliss-reactive ketones (excluding diaryl/α,β-unsaturated/α-hetero) is 1. The van der Waals surface area contributed by atoms with E-state index in [0.29, 0.717) is 17.9 Å². The molecule has 1 heterocycles. The highest BCUT2D eigenvalue weighted by Gasteiger charge is 2.30. The number of hydrogen-bond acceptors (Lipinski definition) is 3. The van der Waals surface area contributed by atoms with E-state index in [1.165, 1.54) is 6.42 Å². The van der Waals surface area contributed by atoms with Crippen molar-refractivity contribution in [2.24, 2.45) is 5.92 Å². The standard InChI is InChI=1S/C17H22O3/c18-15(12-6-2-1-3-7-12)16(19)14-10-4-8-13-9-5-11-20-17(13)14/h4,8,10,12,15,18H,1-3,5-7,9,11H2. The third kappa shape index (κ3) is 2.59. The summed E-state index contributed by atoms with van der Waals surface area (Å²) in [6, 6.07) is 5.70. The topological polar surface area (TPSA) is 46.5 Å². The van der Waals surface area contributed by atoms with Gasteiger partial charge in [0.1, 0.15) is 11.9 Å². The number of fused-ring (bicyclic) bond motifs is 1. The van der Waals surface area contributed by atoms with Crippen LogP contribution in [0.3, 0.4) is 0 Å². The van der Waals surface area contributed by atoms with Gasteiger partial charge in [-0.05, 0) is 43.2 Å². The fourth-order valence-corrected chi connectivity index (χ4v) is 3.41. The van der Waals surface area contributed by atoms with E-state index in [1.54, 1.807) is 6.07 Å². The summed E-state index contributed by atoms with van der Waals surface area (Å²) in [4.78, 5) is 12.6.